The second kappa shape index (κ2) is 6.61. The van der Waals surface area contributed by atoms with Crippen molar-refractivity contribution in [2.24, 2.45) is 5.92 Å². The van der Waals surface area contributed by atoms with Gasteiger partial charge >= 0.3 is 0 Å². The van der Waals surface area contributed by atoms with Gasteiger partial charge < -0.3 is 9.80 Å². The van der Waals surface area contributed by atoms with Crippen molar-refractivity contribution in [3.8, 4) is 0 Å². The summed E-state index contributed by atoms with van der Waals surface area (Å²) >= 11 is 0. The molecule has 1 heterocycles. The molecule has 3 nitrogen and oxygen atoms in total. The van der Waals surface area contributed by atoms with Crippen LogP contribution in [0.5, 0.6) is 0 Å². The zero-order valence-corrected chi connectivity index (χ0v) is 13.1. The van der Waals surface area contributed by atoms with Gasteiger partial charge in [0.1, 0.15) is 0 Å². The number of para-hydroxylation sites is 1. The monoisotopic (exact) mass is 286 g/mol. The van der Waals surface area contributed by atoms with E-state index in [2.05, 4.69) is 30.0 Å². The van der Waals surface area contributed by atoms with Gasteiger partial charge in [-0.15, -0.1) is 0 Å². The first-order valence-corrected chi connectivity index (χ1v) is 8.38. The summed E-state index contributed by atoms with van der Waals surface area (Å²) in [5.74, 6) is 1.19. The number of hydrogen-bond donors (Lipinski definition) is 0. The molecule has 1 aliphatic heterocycles. The van der Waals surface area contributed by atoms with Crippen molar-refractivity contribution in [3.63, 3.8) is 0 Å². The Labute approximate surface area is 127 Å². The van der Waals surface area contributed by atoms with Crippen LogP contribution in [0.15, 0.2) is 24.3 Å². The van der Waals surface area contributed by atoms with Crippen molar-refractivity contribution < 1.29 is 4.79 Å². The highest BCUT2D eigenvalue weighted by atomic mass is 16.2. The molecule has 0 radical (unpaired) electrons. The molecule has 0 saturated heterocycles. The normalized spacial score (nSPS) is 17.3. The summed E-state index contributed by atoms with van der Waals surface area (Å²) in [5.41, 5.74) is 2.45. The summed E-state index contributed by atoms with van der Waals surface area (Å²) in [6.45, 7) is 6.31. The average Bonchev–Trinajstić information content (AvgIpc) is 3.20. The molecule has 1 fully saturated rings. The first-order valence-electron chi connectivity index (χ1n) is 8.38. The lowest BCUT2D eigenvalue weighted by molar-refractivity contribution is -0.118. The van der Waals surface area contributed by atoms with Crippen LogP contribution in [0.3, 0.4) is 0 Å². The molecule has 2 aliphatic rings. The van der Waals surface area contributed by atoms with E-state index in [1.807, 2.05) is 11.0 Å². The van der Waals surface area contributed by atoms with E-state index >= 15 is 0 Å². The predicted octanol–water partition coefficient (Wildman–Crippen LogP) is 3.09. The molecule has 1 aliphatic carbocycles. The van der Waals surface area contributed by atoms with Crippen molar-refractivity contribution in [1.29, 1.82) is 0 Å². The third-order valence-electron chi connectivity index (χ3n) is 4.58. The number of benzene rings is 1. The summed E-state index contributed by atoms with van der Waals surface area (Å²) in [6, 6.07) is 8.31. The average molecular weight is 286 g/mol. The maximum Gasteiger partial charge on any atom is 0.228 e. The molecular weight excluding hydrogens is 260 g/mol. The van der Waals surface area contributed by atoms with E-state index in [1.54, 1.807) is 0 Å². The van der Waals surface area contributed by atoms with Gasteiger partial charge in [-0.1, -0.05) is 25.1 Å². The van der Waals surface area contributed by atoms with Crippen molar-refractivity contribution in [1.82, 2.24) is 4.90 Å². The Balaban J connectivity index is 1.54. The molecule has 0 aromatic heterocycles. The van der Waals surface area contributed by atoms with E-state index < -0.39 is 0 Å². The van der Waals surface area contributed by atoms with Gasteiger partial charge in [0, 0.05) is 31.7 Å². The zero-order valence-electron chi connectivity index (χ0n) is 13.1. The minimum absolute atomic E-state index is 0.289. The van der Waals surface area contributed by atoms with Gasteiger partial charge in [-0.3, -0.25) is 4.79 Å². The third-order valence-corrected chi connectivity index (χ3v) is 4.58. The number of anilines is 1. The fourth-order valence-electron chi connectivity index (χ4n) is 3.26. The largest absolute Gasteiger partial charge is 0.312 e. The Morgan fingerprint density at radius 3 is 2.86 bits per heavy atom. The molecule has 0 bridgehead atoms. The first kappa shape index (κ1) is 14.6. The molecule has 1 aromatic carbocycles. The highest BCUT2D eigenvalue weighted by Gasteiger charge is 2.26. The Morgan fingerprint density at radius 1 is 1.29 bits per heavy atom. The Morgan fingerprint density at radius 2 is 2.10 bits per heavy atom. The Hall–Kier alpha value is -1.35. The van der Waals surface area contributed by atoms with Gasteiger partial charge in [0.2, 0.25) is 5.91 Å². The minimum Gasteiger partial charge on any atom is -0.312 e. The SMILES string of the molecule is CCCN(CCC(=O)N1CCc2ccccc21)CC1CC1. The van der Waals surface area contributed by atoms with E-state index in [1.165, 1.54) is 31.4 Å². The Kier molecular flexibility index (Phi) is 4.59. The van der Waals surface area contributed by atoms with Crippen molar-refractivity contribution in [3.05, 3.63) is 29.8 Å². The summed E-state index contributed by atoms with van der Waals surface area (Å²) in [4.78, 5) is 17.0. The van der Waals surface area contributed by atoms with Crippen LogP contribution in [-0.2, 0) is 11.2 Å². The number of nitrogens with zero attached hydrogens (tertiary/aromatic N) is 2. The van der Waals surface area contributed by atoms with Gasteiger partial charge in [-0.2, -0.15) is 0 Å². The second-order valence-electron chi connectivity index (χ2n) is 6.42. The quantitative estimate of drug-likeness (QED) is 0.769. The molecule has 3 heteroatoms. The smallest absolute Gasteiger partial charge is 0.228 e. The van der Waals surface area contributed by atoms with Crippen LogP contribution < -0.4 is 4.90 Å². The molecule has 1 aromatic rings. The van der Waals surface area contributed by atoms with Crippen LogP contribution in [-0.4, -0.2) is 37.0 Å². The van der Waals surface area contributed by atoms with E-state index in [9.17, 15) is 4.79 Å². The zero-order chi connectivity index (χ0) is 14.7. The van der Waals surface area contributed by atoms with E-state index in [0.717, 1.165) is 37.7 Å². The van der Waals surface area contributed by atoms with Crippen molar-refractivity contribution in [2.45, 2.75) is 39.0 Å². The lowest BCUT2D eigenvalue weighted by Gasteiger charge is -2.23. The van der Waals surface area contributed by atoms with Gasteiger partial charge in [-0.25, -0.2) is 0 Å². The van der Waals surface area contributed by atoms with E-state index in [0.29, 0.717) is 6.42 Å². The van der Waals surface area contributed by atoms with Crippen LogP contribution in [0.1, 0.15) is 38.2 Å². The molecule has 1 amide bonds. The molecule has 0 N–H and O–H groups in total. The summed E-state index contributed by atoms with van der Waals surface area (Å²) in [5, 5.41) is 0. The number of rotatable bonds is 7. The summed E-state index contributed by atoms with van der Waals surface area (Å²) < 4.78 is 0. The molecule has 21 heavy (non-hydrogen) atoms. The number of amides is 1. The summed E-state index contributed by atoms with van der Waals surface area (Å²) in [7, 11) is 0. The molecule has 0 spiro atoms. The highest BCUT2D eigenvalue weighted by molar-refractivity contribution is 5.95. The molecule has 0 atom stereocenters. The predicted molar refractivity (Wildman–Crippen MR) is 86.6 cm³/mol. The molecule has 114 valence electrons. The number of hydrogen-bond acceptors (Lipinski definition) is 2. The van der Waals surface area contributed by atoms with Crippen LogP contribution in [0.2, 0.25) is 0 Å². The highest BCUT2D eigenvalue weighted by Crippen LogP contribution is 2.30. The molecule has 3 rings (SSSR count). The number of fused-ring (bicyclic) bond motifs is 1. The van der Waals surface area contributed by atoms with E-state index in [-0.39, 0.29) is 5.91 Å². The van der Waals surface area contributed by atoms with Crippen LogP contribution in [0.25, 0.3) is 0 Å². The van der Waals surface area contributed by atoms with Gasteiger partial charge in [0.15, 0.2) is 0 Å². The molecule has 1 saturated carbocycles. The van der Waals surface area contributed by atoms with Crippen molar-refractivity contribution in [2.75, 3.05) is 31.1 Å². The van der Waals surface area contributed by atoms with Gasteiger partial charge in [0.25, 0.3) is 0 Å². The van der Waals surface area contributed by atoms with Crippen molar-refractivity contribution >= 4 is 11.6 Å². The third kappa shape index (κ3) is 3.65. The fourth-order valence-corrected chi connectivity index (χ4v) is 3.26. The van der Waals surface area contributed by atoms with Crippen LogP contribution >= 0.6 is 0 Å². The van der Waals surface area contributed by atoms with Crippen LogP contribution in [0, 0.1) is 5.92 Å². The number of carbonyl (C=O) groups excluding carboxylic acids is 1. The lowest BCUT2D eigenvalue weighted by atomic mass is 10.2. The number of carbonyl (C=O) groups is 1. The standard InChI is InChI=1S/C18H26N2O/c1-2-11-19(14-15-7-8-15)12-10-18(21)20-13-9-16-5-3-4-6-17(16)20/h3-6,15H,2,7-14H2,1H3. The van der Waals surface area contributed by atoms with Gasteiger partial charge in [0.05, 0.1) is 0 Å². The molecular formula is C18H26N2O. The topological polar surface area (TPSA) is 23.6 Å². The summed E-state index contributed by atoms with van der Waals surface area (Å²) in [6.07, 6.45) is 5.60. The van der Waals surface area contributed by atoms with Gasteiger partial charge in [-0.05, 0) is 49.8 Å². The minimum atomic E-state index is 0.289. The van der Waals surface area contributed by atoms with E-state index in [4.69, 9.17) is 0 Å². The second-order valence-corrected chi connectivity index (χ2v) is 6.42. The Bertz CT molecular complexity index is 496. The first-order chi connectivity index (χ1) is 10.3. The maximum absolute atomic E-state index is 12.5. The fraction of sp³-hybridized carbons (Fsp3) is 0.611. The van der Waals surface area contributed by atoms with Crippen LogP contribution in [0.4, 0.5) is 5.69 Å². The maximum atomic E-state index is 12.5. The lowest BCUT2D eigenvalue weighted by Crippen LogP contribution is -2.34. The molecule has 0 unspecified atom stereocenters.